The summed E-state index contributed by atoms with van der Waals surface area (Å²) >= 11 is 0. The number of amides is 1. The van der Waals surface area contributed by atoms with Crippen LogP contribution in [0.2, 0.25) is 0 Å². The lowest BCUT2D eigenvalue weighted by molar-refractivity contribution is -0.120. The Morgan fingerprint density at radius 2 is 1.87 bits per heavy atom. The molecule has 4 heteroatoms. The first-order chi connectivity index (χ1) is 11.2. The molecule has 120 valence electrons. The van der Waals surface area contributed by atoms with Crippen molar-refractivity contribution in [3.63, 3.8) is 0 Å². The van der Waals surface area contributed by atoms with Crippen LogP contribution in [0.3, 0.4) is 0 Å². The van der Waals surface area contributed by atoms with Crippen molar-refractivity contribution in [2.24, 2.45) is 0 Å². The van der Waals surface area contributed by atoms with Crippen molar-refractivity contribution >= 4 is 5.91 Å². The maximum Gasteiger partial charge on any atom is 0.224 e. The average molecular weight is 311 g/mol. The van der Waals surface area contributed by atoms with E-state index in [4.69, 9.17) is 9.47 Å². The summed E-state index contributed by atoms with van der Waals surface area (Å²) < 4.78 is 11.1. The van der Waals surface area contributed by atoms with Gasteiger partial charge in [0.1, 0.15) is 13.2 Å². The smallest absolute Gasteiger partial charge is 0.224 e. The van der Waals surface area contributed by atoms with Crippen LogP contribution >= 0.6 is 0 Å². The number of ether oxygens (including phenoxy) is 2. The van der Waals surface area contributed by atoms with Crippen LogP contribution in [0.25, 0.3) is 0 Å². The minimum Gasteiger partial charge on any atom is -0.486 e. The third kappa shape index (κ3) is 4.25. The largest absolute Gasteiger partial charge is 0.486 e. The Morgan fingerprint density at radius 3 is 2.70 bits per heavy atom. The SMILES string of the molecule is Cc1cccc(CC(=O)NCCc2ccc3c(c2)OCCO3)c1. The van der Waals surface area contributed by atoms with Gasteiger partial charge in [0.25, 0.3) is 0 Å². The predicted molar refractivity (Wildman–Crippen MR) is 89.0 cm³/mol. The number of hydrogen-bond acceptors (Lipinski definition) is 3. The highest BCUT2D eigenvalue weighted by Crippen LogP contribution is 2.30. The first-order valence-electron chi connectivity index (χ1n) is 7.91. The van der Waals surface area contributed by atoms with Crippen molar-refractivity contribution < 1.29 is 14.3 Å². The van der Waals surface area contributed by atoms with Crippen LogP contribution in [-0.4, -0.2) is 25.7 Å². The second-order valence-corrected chi connectivity index (χ2v) is 5.74. The third-order valence-corrected chi connectivity index (χ3v) is 3.79. The molecule has 0 saturated heterocycles. The van der Waals surface area contributed by atoms with Crippen molar-refractivity contribution in [2.45, 2.75) is 19.8 Å². The lowest BCUT2D eigenvalue weighted by Crippen LogP contribution is -2.27. The molecule has 1 N–H and O–H groups in total. The zero-order chi connectivity index (χ0) is 16.1. The molecule has 23 heavy (non-hydrogen) atoms. The minimum atomic E-state index is 0.0492. The summed E-state index contributed by atoms with van der Waals surface area (Å²) in [7, 11) is 0. The molecule has 0 radical (unpaired) electrons. The number of aryl methyl sites for hydroxylation is 1. The number of benzene rings is 2. The number of carbonyl (C=O) groups is 1. The Balaban J connectivity index is 1.48. The van der Waals surface area contributed by atoms with Crippen molar-refractivity contribution in [3.8, 4) is 11.5 Å². The van der Waals surface area contributed by atoms with Gasteiger partial charge in [-0.05, 0) is 36.6 Å². The van der Waals surface area contributed by atoms with Crippen LogP contribution in [0.5, 0.6) is 11.5 Å². The van der Waals surface area contributed by atoms with Gasteiger partial charge < -0.3 is 14.8 Å². The Kier molecular flexibility index (Phi) is 4.81. The van der Waals surface area contributed by atoms with Gasteiger partial charge in [0.2, 0.25) is 5.91 Å². The van der Waals surface area contributed by atoms with Crippen molar-refractivity contribution in [3.05, 3.63) is 59.2 Å². The Labute approximate surface area is 136 Å². The van der Waals surface area contributed by atoms with E-state index in [1.807, 2.05) is 49.4 Å². The number of hydrogen-bond donors (Lipinski definition) is 1. The summed E-state index contributed by atoms with van der Waals surface area (Å²) in [5, 5.41) is 2.97. The van der Waals surface area contributed by atoms with Gasteiger partial charge in [-0.3, -0.25) is 4.79 Å². The lowest BCUT2D eigenvalue weighted by Gasteiger charge is -2.18. The van der Waals surface area contributed by atoms with Crippen LogP contribution in [0.15, 0.2) is 42.5 Å². The van der Waals surface area contributed by atoms with Crippen LogP contribution in [0.4, 0.5) is 0 Å². The topological polar surface area (TPSA) is 47.6 Å². The van der Waals surface area contributed by atoms with Crippen molar-refractivity contribution in [2.75, 3.05) is 19.8 Å². The summed E-state index contributed by atoms with van der Waals surface area (Å²) in [5.74, 6) is 1.64. The van der Waals surface area contributed by atoms with E-state index in [0.717, 1.165) is 29.0 Å². The van der Waals surface area contributed by atoms with E-state index >= 15 is 0 Å². The van der Waals surface area contributed by atoms with Crippen LogP contribution in [0, 0.1) is 6.92 Å². The van der Waals surface area contributed by atoms with Gasteiger partial charge in [-0.15, -0.1) is 0 Å². The van der Waals surface area contributed by atoms with Gasteiger partial charge in [-0.1, -0.05) is 35.9 Å². The van der Waals surface area contributed by atoms with Crippen molar-refractivity contribution in [1.29, 1.82) is 0 Å². The first kappa shape index (κ1) is 15.4. The van der Waals surface area contributed by atoms with Crippen LogP contribution in [0.1, 0.15) is 16.7 Å². The zero-order valence-electron chi connectivity index (χ0n) is 13.3. The number of fused-ring (bicyclic) bond motifs is 1. The standard InChI is InChI=1S/C19H21NO3/c1-14-3-2-4-16(11-14)13-19(21)20-8-7-15-5-6-17-18(12-15)23-10-9-22-17/h2-6,11-12H,7-10,13H2,1H3,(H,20,21). The molecule has 0 bridgehead atoms. The molecule has 0 aliphatic carbocycles. The molecular formula is C19H21NO3. The second-order valence-electron chi connectivity index (χ2n) is 5.74. The zero-order valence-corrected chi connectivity index (χ0v) is 13.3. The Hall–Kier alpha value is -2.49. The Morgan fingerprint density at radius 1 is 1.04 bits per heavy atom. The van der Waals surface area contributed by atoms with E-state index in [2.05, 4.69) is 5.32 Å². The van der Waals surface area contributed by atoms with E-state index in [0.29, 0.717) is 26.2 Å². The summed E-state index contributed by atoms with van der Waals surface area (Å²) in [6.45, 7) is 3.83. The fourth-order valence-electron chi connectivity index (χ4n) is 2.66. The number of carbonyl (C=O) groups excluding carboxylic acids is 1. The van der Waals surface area contributed by atoms with Crippen LogP contribution in [-0.2, 0) is 17.6 Å². The molecular weight excluding hydrogens is 290 g/mol. The molecule has 0 aromatic heterocycles. The first-order valence-corrected chi connectivity index (χ1v) is 7.91. The molecule has 1 aliphatic rings. The number of rotatable bonds is 5. The minimum absolute atomic E-state index is 0.0492. The number of nitrogens with one attached hydrogen (secondary N) is 1. The van der Waals surface area contributed by atoms with Gasteiger partial charge in [-0.25, -0.2) is 0 Å². The highest BCUT2D eigenvalue weighted by atomic mass is 16.6. The molecule has 0 spiro atoms. The van der Waals surface area contributed by atoms with Crippen LogP contribution < -0.4 is 14.8 Å². The summed E-state index contributed by atoms with van der Waals surface area (Å²) in [6.07, 6.45) is 1.19. The maximum absolute atomic E-state index is 12.0. The fraction of sp³-hybridized carbons (Fsp3) is 0.316. The fourth-order valence-corrected chi connectivity index (χ4v) is 2.66. The predicted octanol–water partition coefficient (Wildman–Crippen LogP) is 2.67. The lowest BCUT2D eigenvalue weighted by atomic mass is 10.1. The highest BCUT2D eigenvalue weighted by Gasteiger charge is 2.11. The molecule has 0 fully saturated rings. The van der Waals surface area contributed by atoms with Gasteiger partial charge in [0.15, 0.2) is 11.5 Å². The second kappa shape index (κ2) is 7.18. The molecule has 2 aromatic rings. The highest BCUT2D eigenvalue weighted by molar-refractivity contribution is 5.78. The maximum atomic E-state index is 12.0. The van der Waals surface area contributed by atoms with Gasteiger partial charge in [0.05, 0.1) is 6.42 Å². The molecule has 3 rings (SSSR count). The molecule has 2 aromatic carbocycles. The Bertz CT molecular complexity index is 697. The molecule has 1 aliphatic heterocycles. The van der Waals surface area contributed by atoms with E-state index in [1.54, 1.807) is 0 Å². The molecule has 0 saturated carbocycles. The third-order valence-electron chi connectivity index (χ3n) is 3.79. The molecule has 1 heterocycles. The van der Waals surface area contributed by atoms with E-state index < -0.39 is 0 Å². The summed E-state index contributed by atoms with van der Waals surface area (Å²) in [5.41, 5.74) is 3.35. The summed E-state index contributed by atoms with van der Waals surface area (Å²) in [6, 6.07) is 14.0. The van der Waals surface area contributed by atoms with E-state index in [1.165, 1.54) is 5.56 Å². The van der Waals surface area contributed by atoms with E-state index in [-0.39, 0.29) is 5.91 Å². The van der Waals surface area contributed by atoms with Gasteiger partial charge >= 0.3 is 0 Å². The molecule has 0 unspecified atom stereocenters. The monoisotopic (exact) mass is 311 g/mol. The average Bonchev–Trinajstić information content (AvgIpc) is 2.55. The molecule has 4 nitrogen and oxygen atoms in total. The van der Waals surface area contributed by atoms with E-state index in [9.17, 15) is 4.79 Å². The van der Waals surface area contributed by atoms with Crippen molar-refractivity contribution in [1.82, 2.24) is 5.32 Å². The normalized spacial score (nSPS) is 12.7. The quantitative estimate of drug-likeness (QED) is 0.923. The summed E-state index contributed by atoms with van der Waals surface area (Å²) in [4.78, 5) is 12.0. The molecule has 0 atom stereocenters. The van der Waals surface area contributed by atoms with Gasteiger partial charge in [-0.2, -0.15) is 0 Å². The molecule has 1 amide bonds. The van der Waals surface area contributed by atoms with Gasteiger partial charge in [0, 0.05) is 6.54 Å².